The van der Waals surface area contributed by atoms with Crippen molar-refractivity contribution in [1.82, 2.24) is 9.55 Å². The molecule has 6 nitrogen and oxygen atoms in total. The first-order valence-corrected chi connectivity index (χ1v) is 8.47. The molecule has 0 bridgehead atoms. The van der Waals surface area contributed by atoms with Crippen LogP contribution in [0.15, 0.2) is 34.7 Å². The molecule has 0 unspecified atom stereocenters. The molecule has 0 aliphatic rings. The summed E-state index contributed by atoms with van der Waals surface area (Å²) < 4.78 is 80.4. The summed E-state index contributed by atoms with van der Waals surface area (Å²) >= 11 is 0. The SMILES string of the molecule is C=C/C(=C\N=C(C)C(F)(F)F)c1cc(=O)n(CC(=O)OC)c(CCCC(F)(F)F)n1. The average Bonchev–Trinajstić information content (AvgIpc) is 2.62. The highest BCUT2D eigenvalue weighted by molar-refractivity contribution is 5.88. The number of ether oxygens (including phenoxy) is 1. The summed E-state index contributed by atoms with van der Waals surface area (Å²) in [6, 6.07) is 0.919. The average molecular weight is 439 g/mol. The molecular formula is C18H19F6N3O3. The molecule has 0 atom stereocenters. The van der Waals surface area contributed by atoms with Gasteiger partial charge in [0.1, 0.15) is 18.1 Å². The molecule has 1 rings (SSSR count). The maximum Gasteiger partial charge on any atom is 0.429 e. The second-order valence-electron chi connectivity index (χ2n) is 6.03. The van der Waals surface area contributed by atoms with E-state index < -0.39 is 49.0 Å². The fourth-order valence-electron chi connectivity index (χ4n) is 2.17. The van der Waals surface area contributed by atoms with Crippen molar-refractivity contribution in [3.63, 3.8) is 0 Å². The fraction of sp³-hybridized carbons (Fsp3) is 0.444. The smallest absolute Gasteiger partial charge is 0.429 e. The Balaban J connectivity index is 3.40. The first-order valence-electron chi connectivity index (χ1n) is 8.47. The Morgan fingerprint density at radius 3 is 2.43 bits per heavy atom. The molecular weight excluding hydrogens is 420 g/mol. The van der Waals surface area contributed by atoms with Gasteiger partial charge in [0.25, 0.3) is 5.56 Å². The number of aryl methyl sites for hydroxylation is 1. The van der Waals surface area contributed by atoms with Gasteiger partial charge in [-0.2, -0.15) is 26.3 Å². The number of esters is 1. The van der Waals surface area contributed by atoms with Gasteiger partial charge in [0.05, 0.1) is 12.8 Å². The van der Waals surface area contributed by atoms with E-state index >= 15 is 0 Å². The molecule has 1 heterocycles. The maximum atomic E-state index is 12.6. The van der Waals surface area contributed by atoms with Gasteiger partial charge in [0, 0.05) is 30.7 Å². The predicted molar refractivity (Wildman–Crippen MR) is 96.8 cm³/mol. The van der Waals surface area contributed by atoms with Crippen molar-refractivity contribution in [2.45, 2.75) is 45.1 Å². The highest BCUT2D eigenvalue weighted by Crippen LogP contribution is 2.23. The third-order valence-corrected chi connectivity index (χ3v) is 3.79. The summed E-state index contributed by atoms with van der Waals surface area (Å²) in [6.45, 7) is 3.58. The maximum absolute atomic E-state index is 12.6. The number of carbonyl (C=O) groups is 1. The Morgan fingerprint density at radius 2 is 1.93 bits per heavy atom. The summed E-state index contributed by atoms with van der Waals surface area (Å²) in [5, 5.41) is 0. The largest absolute Gasteiger partial charge is 0.468 e. The zero-order valence-electron chi connectivity index (χ0n) is 16.1. The lowest BCUT2D eigenvalue weighted by molar-refractivity contribution is -0.141. The highest BCUT2D eigenvalue weighted by Gasteiger charge is 2.31. The summed E-state index contributed by atoms with van der Waals surface area (Å²) in [5.74, 6) is -0.981. The molecule has 0 radical (unpaired) electrons. The summed E-state index contributed by atoms with van der Waals surface area (Å²) in [7, 11) is 1.07. The van der Waals surface area contributed by atoms with Crippen LogP contribution < -0.4 is 5.56 Å². The summed E-state index contributed by atoms with van der Waals surface area (Å²) in [5.41, 5.74) is -2.15. The van der Waals surface area contributed by atoms with Gasteiger partial charge in [0.15, 0.2) is 0 Å². The number of rotatable bonds is 8. The van der Waals surface area contributed by atoms with Crippen LogP contribution in [0, 0.1) is 0 Å². The van der Waals surface area contributed by atoms with E-state index in [4.69, 9.17) is 0 Å². The Morgan fingerprint density at radius 1 is 1.30 bits per heavy atom. The Bertz CT molecular complexity index is 898. The van der Waals surface area contributed by atoms with Crippen molar-refractivity contribution in [3.05, 3.63) is 46.8 Å². The molecule has 12 heteroatoms. The van der Waals surface area contributed by atoms with E-state index in [1.807, 2.05) is 0 Å². The van der Waals surface area contributed by atoms with Crippen LogP contribution in [0.4, 0.5) is 26.3 Å². The molecule has 0 saturated heterocycles. The molecule has 0 amide bonds. The second kappa shape index (κ2) is 10.2. The van der Waals surface area contributed by atoms with Crippen LogP contribution >= 0.6 is 0 Å². The number of alkyl halides is 6. The third-order valence-electron chi connectivity index (χ3n) is 3.79. The molecule has 166 valence electrons. The normalized spacial score (nSPS) is 13.3. The Kier molecular flexibility index (Phi) is 8.55. The summed E-state index contributed by atoms with van der Waals surface area (Å²) in [4.78, 5) is 31.2. The monoisotopic (exact) mass is 439 g/mol. The number of allylic oxidation sites excluding steroid dienone is 2. The van der Waals surface area contributed by atoms with Crippen molar-refractivity contribution in [1.29, 1.82) is 0 Å². The number of aromatic nitrogens is 2. The molecule has 0 aliphatic heterocycles. The standard InChI is InChI=1S/C18H19F6N3O3/c1-4-12(9-25-11(2)18(22,23)24)13-8-15(28)27(10-16(29)30-3)14(26-13)6-5-7-17(19,20)21/h4,8-9H,1,5-7,10H2,2-3H3/b12-9+,25-11?. The lowest BCUT2D eigenvalue weighted by atomic mass is 10.1. The van der Waals surface area contributed by atoms with Crippen LogP contribution in [0.1, 0.15) is 31.3 Å². The number of nitrogens with zero attached hydrogens (tertiary/aromatic N) is 3. The Labute approximate surface area is 167 Å². The van der Waals surface area contributed by atoms with E-state index in [9.17, 15) is 35.9 Å². The van der Waals surface area contributed by atoms with Gasteiger partial charge in [0.2, 0.25) is 0 Å². The lowest BCUT2D eigenvalue weighted by Gasteiger charge is -2.13. The van der Waals surface area contributed by atoms with E-state index in [2.05, 4.69) is 21.3 Å². The van der Waals surface area contributed by atoms with Crippen LogP contribution in [0.5, 0.6) is 0 Å². The van der Waals surface area contributed by atoms with Gasteiger partial charge in [-0.15, -0.1) is 0 Å². The van der Waals surface area contributed by atoms with Gasteiger partial charge in [-0.1, -0.05) is 12.7 Å². The van der Waals surface area contributed by atoms with Gasteiger partial charge < -0.3 is 4.74 Å². The molecule has 0 fully saturated rings. The molecule has 0 saturated carbocycles. The minimum absolute atomic E-state index is 0.0574. The number of aliphatic imine (C=N–C) groups is 1. The van der Waals surface area contributed by atoms with Crippen LogP contribution in [0.3, 0.4) is 0 Å². The van der Waals surface area contributed by atoms with Gasteiger partial charge in [-0.05, 0) is 13.3 Å². The fourth-order valence-corrected chi connectivity index (χ4v) is 2.17. The Hall–Kier alpha value is -2.92. The van der Waals surface area contributed by atoms with Crippen LogP contribution in [0.2, 0.25) is 0 Å². The van der Waals surface area contributed by atoms with E-state index in [1.54, 1.807) is 0 Å². The molecule has 0 aromatic carbocycles. The third kappa shape index (κ3) is 7.84. The van der Waals surface area contributed by atoms with E-state index in [0.29, 0.717) is 0 Å². The first-order chi connectivity index (χ1) is 13.8. The first kappa shape index (κ1) is 25.1. The quantitative estimate of drug-likeness (QED) is 0.267. The molecule has 0 N–H and O–H groups in total. The van der Waals surface area contributed by atoms with Gasteiger partial charge in [-0.3, -0.25) is 19.1 Å². The minimum atomic E-state index is -4.66. The van der Waals surface area contributed by atoms with Crippen molar-refractivity contribution in [2.75, 3.05) is 7.11 Å². The molecule has 30 heavy (non-hydrogen) atoms. The molecule has 0 aliphatic carbocycles. The van der Waals surface area contributed by atoms with Crippen molar-refractivity contribution >= 4 is 17.3 Å². The van der Waals surface area contributed by atoms with Crippen LogP contribution in [-0.4, -0.2) is 40.7 Å². The van der Waals surface area contributed by atoms with Crippen LogP contribution in [-0.2, 0) is 22.5 Å². The van der Waals surface area contributed by atoms with Crippen molar-refractivity contribution in [3.8, 4) is 0 Å². The zero-order valence-corrected chi connectivity index (χ0v) is 16.1. The number of halogens is 6. The van der Waals surface area contributed by atoms with Gasteiger partial charge >= 0.3 is 18.3 Å². The van der Waals surface area contributed by atoms with E-state index in [1.165, 1.54) is 0 Å². The molecule has 1 aromatic rings. The van der Waals surface area contributed by atoms with Crippen molar-refractivity contribution < 1.29 is 35.9 Å². The number of hydrogen-bond acceptors (Lipinski definition) is 5. The summed E-state index contributed by atoms with van der Waals surface area (Å²) in [6.07, 6.45) is -9.08. The number of methoxy groups -OCH3 is 1. The number of hydrogen-bond donors (Lipinski definition) is 0. The van der Waals surface area contributed by atoms with Crippen molar-refractivity contribution in [2.24, 2.45) is 4.99 Å². The highest BCUT2D eigenvalue weighted by atomic mass is 19.4. The minimum Gasteiger partial charge on any atom is -0.468 e. The van der Waals surface area contributed by atoms with E-state index in [-0.39, 0.29) is 23.5 Å². The predicted octanol–water partition coefficient (Wildman–Crippen LogP) is 3.85. The molecule has 0 spiro atoms. The zero-order chi connectivity index (χ0) is 23.1. The number of carbonyl (C=O) groups excluding carboxylic acids is 1. The van der Waals surface area contributed by atoms with Crippen LogP contribution in [0.25, 0.3) is 5.57 Å². The van der Waals surface area contributed by atoms with Gasteiger partial charge in [-0.25, -0.2) is 4.98 Å². The van der Waals surface area contributed by atoms with E-state index in [0.717, 1.165) is 36.9 Å². The second-order valence-corrected chi connectivity index (χ2v) is 6.03. The lowest BCUT2D eigenvalue weighted by Crippen LogP contribution is -2.29. The molecule has 1 aromatic heterocycles. The topological polar surface area (TPSA) is 73.5 Å².